The van der Waals surface area contributed by atoms with Gasteiger partial charge in [0.2, 0.25) is 0 Å². The summed E-state index contributed by atoms with van der Waals surface area (Å²) in [5, 5.41) is 7.71. The van der Waals surface area contributed by atoms with Crippen LogP contribution in [-0.4, -0.2) is 22.9 Å². The summed E-state index contributed by atoms with van der Waals surface area (Å²) in [4.78, 5) is 0. The summed E-state index contributed by atoms with van der Waals surface area (Å²) < 4.78 is 20.6. The number of hydrogen-bond acceptors (Lipinski definition) is 3. The van der Waals surface area contributed by atoms with E-state index in [-0.39, 0.29) is 5.82 Å². The first kappa shape index (κ1) is 12.2. The number of ether oxygens (including phenoxy) is 1. The summed E-state index contributed by atoms with van der Waals surface area (Å²) in [6.45, 7) is 3.96. The Morgan fingerprint density at radius 3 is 2.84 bits per heavy atom. The Morgan fingerprint density at radius 1 is 1.37 bits per heavy atom. The number of nitrogens with zero attached hydrogens (tertiary/aromatic N) is 2. The third kappa shape index (κ3) is 2.46. The molecule has 0 aliphatic carbocycles. The topological polar surface area (TPSA) is 39.1 Å². The molecule has 5 heteroatoms. The molecule has 1 aromatic heterocycles. The molecule has 1 aliphatic rings. The van der Waals surface area contributed by atoms with Crippen LogP contribution in [0.1, 0.15) is 18.2 Å². The van der Waals surface area contributed by atoms with Crippen LogP contribution in [-0.2, 0) is 0 Å². The van der Waals surface area contributed by atoms with Crippen LogP contribution < -0.4 is 10.1 Å². The average Bonchev–Trinajstić information content (AvgIpc) is 3.03. The highest BCUT2D eigenvalue weighted by atomic mass is 19.1. The molecule has 1 saturated heterocycles. The van der Waals surface area contributed by atoms with E-state index in [4.69, 9.17) is 4.74 Å². The second-order valence-electron chi connectivity index (χ2n) is 4.74. The van der Waals surface area contributed by atoms with Crippen LogP contribution in [0.2, 0.25) is 0 Å². The molecule has 4 nitrogen and oxygen atoms in total. The molecule has 1 unspecified atom stereocenters. The van der Waals surface area contributed by atoms with Gasteiger partial charge in [-0.25, -0.2) is 4.39 Å². The van der Waals surface area contributed by atoms with Crippen molar-refractivity contribution in [2.24, 2.45) is 0 Å². The zero-order chi connectivity index (χ0) is 13.2. The van der Waals surface area contributed by atoms with Crippen LogP contribution in [0.3, 0.4) is 0 Å². The van der Waals surface area contributed by atoms with E-state index < -0.39 is 0 Å². The lowest BCUT2D eigenvalue weighted by atomic mass is 10.2. The molecule has 0 amide bonds. The van der Waals surface area contributed by atoms with Crippen molar-refractivity contribution in [3.63, 3.8) is 0 Å². The van der Waals surface area contributed by atoms with E-state index in [2.05, 4.69) is 10.4 Å². The van der Waals surface area contributed by atoms with Crippen LogP contribution in [0, 0.1) is 12.7 Å². The second-order valence-corrected chi connectivity index (χ2v) is 4.74. The maximum absolute atomic E-state index is 12.8. The number of aromatic nitrogens is 2. The van der Waals surface area contributed by atoms with Crippen molar-refractivity contribution >= 4 is 0 Å². The van der Waals surface area contributed by atoms with Gasteiger partial charge in [-0.1, -0.05) is 0 Å². The molecule has 19 heavy (non-hydrogen) atoms. The largest absolute Gasteiger partial charge is 0.454 e. The Bertz CT molecular complexity index is 559. The van der Waals surface area contributed by atoms with Crippen LogP contribution >= 0.6 is 0 Å². The lowest BCUT2D eigenvalue weighted by Crippen LogP contribution is -2.15. The average molecular weight is 261 g/mol. The van der Waals surface area contributed by atoms with Gasteiger partial charge in [-0.2, -0.15) is 5.10 Å². The van der Waals surface area contributed by atoms with Gasteiger partial charge in [0.05, 0.1) is 17.9 Å². The number of hydrogen-bond donors (Lipinski definition) is 1. The predicted octanol–water partition coefficient (Wildman–Crippen LogP) is 2.66. The van der Waals surface area contributed by atoms with Gasteiger partial charge in [0.25, 0.3) is 0 Å². The molecule has 0 spiro atoms. The highest BCUT2D eigenvalue weighted by Gasteiger charge is 2.20. The van der Waals surface area contributed by atoms with E-state index in [1.807, 2.05) is 11.6 Å². The molecule has 1 atom stereocenters. The van der Waals surface area contributed by atoms with Crippen molar-refractivity contribution < 1.29 is 9.13 Å². The van der Waals surface area contributed by atoms with E-state index in [0.29, 0.717) is 11.8 Å². The summed E-state index contributed by atoms with van der Waals surface area (Å²) in [6, 6.07) is 6.39. The number of rotatable bonds is 3. The first-order chi connectivity index (χ1) is 9.24. The predicted molar refractivity (Wildman–Crippen MR) is 70.0 cm³/mol. The van der Waals surface area contributed by atoms with Gasteiger partial charge in [-0.3, -0.25) is 4.68 Å². The number of halogens is 1. The van der Waals surface area contributed by atoms with Crippen LogP contribution in [0.15, 0.2) is 30.5 Å². The summed E-state index contributed by atoms with van der Waals surface area (Å²) in [5.74, 6) is 1.07. The molecule has 1 N–H and O–H groups in total. The molecule has 0 bridgehead atoms. The quantitative estimate of drug-likeness (QED) is 0.923. The maximum Gasteiger partial charge on any atom is 0.168 e. The first-order valence-electron chi connectivity index (χ1n) is 6.42. The van der Waals surface area contributed by atoms with Crippen LogP contribution in [0.4, 0.5) is 4.39 Å². The minimum Gasteiger partial charge on any atom is -0.454 e. The van der Waals surface area contributed by atoms with Crippen molar-refractivity contribution in [2.45, 2.75) is 19.4 Å². The van der Waals surface area contributed by atoms with Crippen molar-refractivity contribution in [3.8, 4) is 11.5 Å². The van der Waals surface area contributed by atoms with Gasteiger partial charge in [0, 0.05) is 6.54 Å². The minimum atomic E-state index is -0.267. The van der Waals surface area contributed by atoms with E-state index in [9.17, 15) is 4.39 Å². The van der Waals surface area contributed by atoms with Crippen LogP contribution in [0.25, 0.3) is 0 Å². The molecule has 2 aromatic rings. The molecule has 1 aromatic carbocycles. The first-order valence-corrected chi connectivity index (χ1v) is 6.42. The van der Waals surface area contributed by atoms with E-state index in [0.717, 1.165) is 31.0 Å². The Morgan fingerprint density at radius 2 is 2.16 bits per heavy atom. The molecular formula is C14H16FN3O. The van der Waals surface area contributed by atoms with Crippen molar-refractivity contribution in [1.82, 2.24) is 15.1 Å². The summed E-state index contributed by atoms with van der Waals surface area (Å²) >= 11 is 0. The van der Waals surface area contributed by atoms with Crippen molar-refractivity contribution in [1.29, 1.82) is 0 Å². The summed E-state index contributed by atoms with van der Waals surface area (Å²) in [7, 11) is 0. The normalized spacial score (nSPS) is 18.7. The molecule has 1 aliphatic heterocycles. The molecule has 1 fully saturated rings. The van der Waals surface area contributed by atoms with Gasteiger partial charge in [-0.15, -0.1) is 0 Å². The molecule has 0 radical (unpaired) electrons. The van der Waals surface area contributed by atoms with Gasteiger partial charge in [-0.05, 0) is 44.2 Å². The maximum atomic E-state index is 12.8. The fraction of sp³-hybridized carbons (Fsp3) is 0.357. The number of benzene rings is 1. The standard InChI is InChI=1S/C14H16FN3O/c1-10-14(19-13-4-2-11(15)3-5-13)9-17-18(10)12-6-7-16-8-12/h2-5,9,12,16H,6-8H2,1H3. The summed E-state index contributed by atoms with van der Waals surface area (Å²) in [5.41, 5.74) is 0.998. The van der Waals surface area contributed by atoms with Crippen molar-refractivity contribution in [2.75, 3.05) is 13.1 Å². The lowest BCUT2D eigenvalue weighted by molar-refractivity contribution is 0.456. The van der Waals surface area contributed by atoms with Gasteiger partial charge in [0.1, 0.15) is 11.6 Å². The van der Waals surface area contributed by atoms with Gasteiger partial charge in [0.15, 0.2) is 5.75 Å². The lowest BCUT2D eigenvalue weighted by Gasteiger charge is -2.12. The minimum absolute atomic E-state index is 0.267. The van der Waals surface area contributed by atoms with Gasteiger partial charge < -0.3 is 10.1 Å². The zero-order valence-corrected chi connectivity index (χ0v) is 10.8. The Kier molecular flexibility index (Phi) is 3.21. The monoisotopic (exact) mass is 261 g/mol. The third-order valence-corrected chi connectivity index (χ3v) is 3.42. The zero-order valence-electron chi connectivity index (χ0n) is 10.8. The fourth-order valence-corrected chi connectivity index (χ4v) is 2.35. The smallest absolute Gasteiger partial charge is 0.168 e. The molecule has 0 saturated carbocycles. The SMILES string of the molecule is Cc1c(Oc2ccc(F)cc2)cnn1C1CCNC1. The highest BCUT2D eigenvalue weighted by molar-refractivity contribution is 5.32. The Balaban J connectivity index is 1.80. The van der Waals surface area contributed by atoms with Crippen molar-refractivity contribution in [3.05, 3.63) is 42.0 Å². The second kappa shape index (κ2) is 5.01. The summed E-state index contributed by atoms with van der Waals surface area (Å²) in [6.07, 6.45) is 2.80. The molecule has 3 rings (SSSR count). The molecule has 2 heterocycles. The molecule has 100 valence electrons. The number of nitrogens with one attached hydrogen (secondary N) is 1. The Hall–Kier alpha value is -1.88. The Labute approximate surface area is 111 Å². The van der Waals surface area contributed by atoms with Gasteiger partial charge >= 0.3 is 0 Å². The van der Waals surface area contributed by atoms with Crippen LogP contribution in [0.5, 0.6) is 11.5 Å². The highest BCUT2D eigenvalue weighted by Crippen LogP contribution is 2.27. The third-order valence-electron chi connectivity index (χ3n) is 3.42. The van der Waals surface area contributed by atoms with E-state index in [1.165, 1.54) is 12.1 Å². The molecular weight excluding hydrogens is 245 g/mol. The fourth-order valence-electron chi connectivity index (χ4n) is 2.35. The van der Waals surface area contributed by atoms with E-state index >= 15 is 0 Å². The van der Waals surface area contributed by atoms with E-state index in [1.54, 1.807) is 18.3 Å².